The third-order valence-electron chi connectivity index (χ3n) is 3.59. The van der Waals surface area contributed by atoms with E-state index in [1.54, 1.807) is 4.90 Å². The minimum atomic E-state index is -0.881. The van der Waals surface area contributed by atoms with E-state index in [-0.39, 0.29) is 24.8 Å². The molecule has 1 fully saturated rings. The number of carboxylic acids is 1. The molecule has 19 heavy (non-hydrogen) atoms. The summed E-state index contributed by atoms with van der Waals surface area (Å²) in [5.41, 5.74) is 1.91. The Bertz CT molecular complexity index is 481. The van der Waals surface area contributed by atoms with Gasteiger partial charge in [0, 0.05) is 18.2 Å². The Labute approximate surface area is 113 Å². The second-order valence-corrected chi connectivity index (χ2v) is 5.29. The molecule has 0 aromatic heterocycles. The van der Waals surface area contributed by atoms with Crippen molar-refractivity contribution >= 4 is 17.6 Å². The van der Waals surface area contributed by atoms with Gasteiger partial charge in [0.05, 0.1) is 6.42 Å². The summed E-state index contributed by atoms with van der Waals surface area (Å²) < 4.78 is 0. The molecule has 1 aliphatic rings. The molecule has 1 aliphatic carbocycles. The fraction of sp³-hybridized carbons (Fsp3) is 0.467. The van der Waals surface area contributed by atoms with Gasteiger partial charge < -0.3 is 10.0 Å². The van der Waals surface area contributed by atoms with Crippen LogP contribution in [-0.4, -0.2) is 23.5 Å². The van der Waals surface area contributed by atoms with Crippen LogP contribution in [-0.2, 0) is 9.59 Å². The maximum atomic E-state index is 12.3. The molecule has 0 heterocycles. The highest BCUT2D eigenvalue weighted by molar-refractivity contribution is 5.97. The molecule has 102 valence electrons. The number of nitrogens with zero attached hydrogens (tertiary/aromatic N) is 1. The first kappa shape index (κ1) is 13.6. The molecule has 0 spiro atoms. The van der Waals surface area contributed by atoms with Crippen LogP contribution in [0.3, 0.4) is 0 Å². The van der Waals surface area contributed by atoms with E-state index in [1.165, 1.54) is 0 Å². The fourth-order valence-electron chi connectivity index (χ4n) is 2.17. The lowest BCUT2D eigenvalue weighted by molar-refractivity contribution is -0.136. The molecule has 0 saturated heterocycles. The Morgan fingerprint density at radius 2 is 1.89 bits per heavy atom. The number of carbonyl (C=O) groups is 2. The van der Waals surface area contributed by atoms with Crippen LogP contribution in [0.4, 0.5) is 5.69 Å². The number of carbonyl (C=O) groups excluding carboxylic acids is 1. The van der Waals surface area contributed by atoms with Gasteiger partial charge in [-0.05, 0) is 31.4 Å². The molecule has 0 aliphatic heterocycles. The molecule has 0 bridgehead atoms. The number of rotatable bonds is 5. The number of aliphatic carboxylic acids is 1. The Hall–Kier alpha value is -1.84. The smallest absolute Gasteiger partial charge is 0.305 e. The highest BCUT2D eigenvalue weighted by Gasteiger charge is 2.41. The molecule has 4 nitrogen and oxygen atoms in total. The van der Waals surface area contributed by atoms with Crippen molar-refractivity contribution in [1.29, 1.82) is 0 Å². The number of hydrogen-bond donors (Lipinski definition) is 1. The van der Waals surface area contributed by atoms with Crippen molar-refractivity contribution in [3.05, 3.63) is 29.8 Å². The van der Waals surface area contributed by atoms with Crippen molar-refractivity contribution in [2.45, 2.75) is 26.7 Å². The highest BCUT2D eigenvalue weighted by Crippen LogP contribution is 2.40. The summed E-state index contributed by atoms with van der Waals surface area (Å²) in [6, 6.07) is 7.63. The van der Waals surface area contributed by atoms with Gasteiger partial charge in [0.25, 0.3) is 0 Å². The molecule has 4 heteroatoms. The Balaban J connectivity index is 2.15. The molecular formula is C15H19NO3. The summed E-state index contributed by atoms with van der Waals surface area (Å²) in [6.45, 7) is 4.27. The molecule has 2 rings (SSSR count). The minimum Gasteiger partial charge on any atom is -0.481 e. The fourth-order valence-corrected chi connectivity index (χ4v) is 2.17. The standard InChI is InChI=1S/C15H19NO3/c1-10-3-5-12(6-4-10)16(8-7-14(17)18)15(19)13-9-11(13)2/h3-6,11,13H,7-9H2,1-2H3,(H,17,18). The second-order valence-electron chi connectivity index (χ2n) is 5.29. The molecule has 2 atom stereocenters. The maximum absolute atomic E-state index is 12.3. The van der Waals surface area contributed by atoms with E-state index in [2.05, 4.69) is 0 Å². The van der Waals surface area contributed by atoms with Gasteiger partial charge in [0.2, 0.25) is 5.91 Å². The predicted octanol–water partition coefficient (Wildman–Crippen LogP) is 2.46. The van der Waals surface area contributed by atoms with Crippen LogP contribution in [0, 0.1) is 18.8 Å². The van der Waals surface area contributed by atoms with Crippen molar-refractivity contribution in [3.8, 4) is 0 Å². The number of aryl methyl sites for hydroxylation is 1. The first-order valence-electron chi connectivity index (χ1n) is 6.59. The highest BCUT2D eigenvalue weighted by atomic mass is 16.4. The zero-order valence-electron chi connectivity index (χ0n) is 11.3. The van der Waals surface area contributed by atoms with Crippen molar-refractivity contribution in [1.82, 2.24) is 0 Å². The first-order chi connectivity index (χ1) is 8.99. The van der Waals surface area contributed by atoms with Crippen molar-refractivity contribution in [2.24, 2.45) is 11.8 Å². The lowest BCUT2D eigenvalue weighted by atomic mass is 10.2. The van der Waals surface area contributed by atoms with Crippen LogP contribution in [0.2, 0.25) is 0 Å². The topological polar surface area (TPSA) is 57.6 Å². The second kappa shape index (κ2) is 5.43. The average molecular weight is 261 g/mol. The quantitative estimate of drug-likeness (QED) is 0.885. The number of benzene rings is 1. The lowest BCUT2D eigenvalue weighted by Gasteiger charge is -2.22. The number of amides is 1. The van der Waals surface area contributed by atoms with E-state index in [9.17, 15) is 9.59 Å². The molecule has 2 unspecified atom stereocenters. The van der Waals surface area contributed by atoms with Gasteiger partial charge in [-0.25, -0.2) is 0 Å². The van der Waals surface area contributed by atoms with Crippen molar-refractivity contribution < 1.29 is 14.7 Å². The number of anilines is 1. The summed E-state index contributed by atoms with van der Waals surface area (Å²) in [4.78, 5) is 24.7. The zero-order chi connectivity index (χ0) is 14.0. The summed E-state index contributed by atoms with van der Waals surface area (Å²) in [5, 5.41) is 8.80. The number of hydrogen-bond acceptors (Lipinski definition) is 2. The summed E-state index contributed by atoms with van der Waals surface area (Å²) in [7, 11) is 0. The third-order valence-corrected chi connectivity index (χ3v) is 3.59. The summed E-state index contributed by atoms with van der Waals surface area (Å²) in [5.74, 6) is -0.341. The number of carboxylic acid groups (broad SMARTS) is 1. The van der Waals surface area contributed by atoms with E-state index in [0.717, 1.165) is 17.7 Å². The maximum Gasteiger partial charge on any atom is 0.305 e. The molecule has 1 aromatic rings. The summed E-state index contributed by atoms with van der Waals surface area (Å²) >= 11 is 0. The summed E-state index contributed by atoms with van der Waals surface area (Å²) in [6.07, 6.45) is 0.884. The van der Waals surface area contributed by atoms with Crippen molar-refractivity contribution in [2.75, 3.05) is 11.4 Å². The van der Waals surface area contributed by atoms with E-state index in [4.69, 9.17) is 5.11 Å². The van der Waals surface area contributed by atoms with E-state index < -0.39 is 5.97 Å². The normalized spacial score (nSPS) is 20.9. The van der Waals surface area contributed by atoms with Gasteiger partial charge >= 0.3 is 5.97 Å². The Kier molecular flexibility index (Phi) is 3.88. The van der Waals surface area contributed by atoms with Crippen LogP contribution in [0.25, 0.3) is 0 Å². The van der Waals surface area contributed by atoms with Crippen LogP contribution in [0.1, 0.15) is 25.3 Å². The molecule has 0 radical (unpaired) electrons. The molecule has 1 aromatic carbocycles. The van der Waals surface area contributed by atoms with Crippen LogP contribution < -0.4 is 4.90 Å². The van der Waals surface area contributed by atoms with Crippen LogP contribution in [0.15, 0.2) is 24.3 Å². The third kappa shape index (κ3) is 3.34. The van der Waals surface area contributed by atoms with Gasteiger partial charge in [-0.2, -0.15) is 0 Å². The van der Waals surface area contributed by atoms with Gasteiger partial charge in [-0.15, -0.1) is 0 Å². The first-order valence-corrected chi connectivity index (χ1v) is 6.59. The van der Waals surface area contributed by atoms with Crippen LogP contribution in [0.5, 0.6) is 0 Å². The Morgan fingerprint density at radius 3 is 2.37 bits per heavy atom. The molecule has 1 amide bonds. The van der Waals surface area contributed by atoms with E-state index >= 15 is 0 Å². The minimum absolute atomic E-state index is 0.0271. The van der Waals surface area contributed by atoms with Gasteiger partial charge in [-0.1, -0.05) is 24.6 Å². The lowest BCUT2D eigenvalue weighted by Crippen LogP contribution is -2.34. The van der Waals surface area contributed by atoms with Gasteiger partial charge in [0.15, 0.2) is 0 Å². The zero-order valence-corrected chi connectivity index (χ0v) is 11.3. The SMILES string of the molecule is Cc1ccc(N(CCC(=O)O)C(=O)C2CC2C)cc1. The van der Waals surface area contributed by atoms with Gasteiger partial charge in [-0.3, -0.25) is 9.59 Å². The molecular weight excluding hydrogens is 242 g/mol. The average Bonchev–Trinajstić information content (AvgIpc) is 3.08. The largest absolute Gasteiger partial charge is 0.481 e. The van der Waals surface area contributed by atoms with E-state index in [0.29, 0.717) is 5.92 Å². The van der Waals surface area contributed by atoms with Crippen molar-refractivity contribution in [3.63, 3.8) is 0 Å². The monoisotopic (exact) mass is 261 g/mol. The van der Waals surface area contributed by atoms with Crippen LogP contribution >= 0.6 is 0 Å². The van der Waals surface area contributed by atoms with Gasteiger partial charge in [0.1, 0.15) is 0 Å². The van der Waals surface area contributed by atoms with E-state index in [1.807, 2.05) is 38.1 Å². The Morgan fingerprint density at radius 1 is 1.32 bits per heavy atom. The molecule has 1 N–H and O–H groups in total. The molecule has 1 saturated carbocycles. The predicted molar refractivity (Wildman–Crippen MR) is 73.1 cm³/mol.